The first-order valence-electron chi connectivity index (χ1n) is 4.47. The van der Waals surface area contributed by atoms with E-state index in [0.717, 1.165) is 0 Å². The predicted octanol–water partition coefficient (Wildman–Crippen LogP) is 1.44. The van der Waals surface area contributed by atoms with Crippen LogP contribution in [0.1, 0.15) is 12.5 Å². The molecular weight excluding hydrogens is 219 g/mol. The van der Waals surface area contributed by atoms with Crippen LogP contribution < -0.4 is 11.1 Å². The Morgan fingerprint density at radius 3 is 2.93 bits per heavy atom. The molecule has 0 bridgehead atoms. The molecule has 0 saturated carbocycles. The van der Waals surface area contributed by atoms with Crippen LogP contribution in [0.5, 0.6) is 0 Å². The van der Waals surface area contributed by atoms with Crippen LogP contribution in [0.4, 0.5) is 4.39 Å². The van der Waals surface area contributed by atoms with E-state index in [1.54, 1.807) is 6.92 Å². The van der Waals surface area contributed by atoms with Gasteiger partial charge in [0.1, 0.15) is 5.82 Å². The Hall–Kier alpha value is -1.13. The second kappa shape index (κ2) is 5.09. The molecule has 82 valence electrons. The van der Waals surface area contributed by atoms with E-state index in [-0.39, 0.29) is 12.4 Å². The fourth-order valence-corrected chi connectivity index (χ4v) is 1.24. The first kappa shape index (κ1) is 11.9. The summed E-state index contributed by atoms with van der Waals surface area (Å²) in [7, 11) is 0. The summed E-state index contributed by atoms with van der Waals surface area (Å²) in [6.07, 6.45) is 0. The van der Waals surface area contributed by atoms with Gasteiger partial charge in [0, 0.05) is 17.1 Å². The van der Waals surface area contributed by atoms with E-state index in [1.165, 1.54) is 18.2 Å². The summed E-state index contributed by atoms with van der Waals surface area (Å²) in [5.74, 6) is -0.832. The van der Waals surface area contributed by atoms with Crippen molar-refractivity contribution in [2.45, 2.75) is 19.5 Å². The van der Waals surface area contributed by atoms with Crippen molar-refractivity contribution in [2.24, 2.45) is 5.73 Å². The fraction of sp³-hybridized carbons (Fsp3) is 0.300. The Morgan fingerprint density at radius 1 is 1.67 bits per heavy atom. The summed E-state index contributed by atoms with van der Waals surface area (Å²) in [5.41, 5.74) is 5.46. The van der Waals surface area contributed by atoms with E-state index in [0.29, 0.717) is 10.6 Å². The van der Waals surface area contributed by atoms with E-state index < -0.39 is 11.9 Å². The number of carbonyl (C=O) groups is 1. The molecule has 3 nitrogen and oxygen atoms in total. The predicted molar refractivity (Wildman–Crippen MR) is 56.9 cm³/mol. The Balaban J connectivity index is 2.65. The number of nitrogens with two attached hydrogens (primary N) is 1. The monoisotopic (exact) mass is 230 g/mol. The molecule has 0 saturated heterocycles. The van der Waals surface area contributed by atoms with Crippen molar-refractivity contribution in [1.29, 1.82) is 0 Å². The molecule has 0 radical (unpaired) electrons. The molecule has 1 aromatic rings. The number of rotatable bonds is 4. The molecule has 15 heavy (non-hydrogen) atoms. The lowest BCUT2D eigenvalue weighted by molar-refractivity contribution is -0.119. The summed E-state index contributed by atoms with van der Waals surface area (Å²) < 4.78 is 13.2. The highest BCUT2D eigenvalue weighted by molar-refractivity contribution is 6.30. The second-order valence-electron chi connectivity index (χ2n) is 3.24. The first-order valence-corrected chi connectivity index (χ1v) is 4.85. The van der Waals surface area contributed by atoms with Gasteiger partial charge in [-0.1, -0.05) is 11.6 Å². The molecule has 1 amide bonds. The van der Waals surface area contributed by atoms with Crippen LogP contribution in [0.25, 0.3) is 0 Å². The Bertz CT molecular complexity index is 370. The molecule has 0 aromatic heterocycles. The van der Waals surface area contributed by atoms with E-state index in [9.17, 15) is 9.18 Å². The molecule has 3 N–H and O–H groups in total. The molecular formula is C10H12ClFN2O. The topological polar surface area (TPSA) is 55.1 Å². The van der Waals surface area contributed by atoms with Gasteiger partial charge in [-0.25, -0.2) is 4.39 Å². The maximum atomic E-state index is 13.2. The SMILES string of the molecule is CC(NCc1cc(Cl)ccc1F)C(N)=O. The van der Waals surface area contributed by atoms with Gasteiger partial charge in [-0.15, -0.1) is 0 Å². The number of benzene rings is 1. The molecule has 5 heteroatoms. The van der Waals surface area contributed by atoms with Crippen molar-refractivity contribution in [3.8, 4) is 0 Å². The number of primary amides is 1. The van der Waals surface area contributed by atoms with Crippen LogP contribution in [0.2, 0.25) is 5.02 Å². The maximum absolute atomic E-state index is 13.2. The third-order valence-electron chi connectivity index (χ3n) is 2.03. The standard InChI is InChI=1S/C10H12ClFN2O/c1-6(10(13)15)14-5-7-4-8(11)2-3-9(7)12/h2-4,6,14H,5H2,1H3,(H2,13,15). The van der Waals surface area contributed by atoms with Crippen molar-refractivity contribution in [3.63, 3.8) is 0 Å². The zero-order valence-corrected chi connectivity index (χ0v) is 9.01. The van der Waals surface area contributed by atoms with E-state index in [1.807, 2.05) is 0 Å². The number of halogens is 2. The van der Waals surface area contributed by atoms with Gasteiger partial charge in [0.15, 0.2) is 0 Å². The zero-order chi connectivity index (χ0) is 11.4. The van der Waals surface area contributed by atoms with Gasteiger partial charge >= 0.3 is 0 Å². The summed E-state index contributed by atoms with van der Waals surface area (Å²) in [4.78, 5) is 10.7. The van der Waals surface area contributed by atoms with Crippen LogP contribution in [-0.2, 0) is 11.3 Å². The van der Waals surface area contributed by atoms with Gasteiger partial charge in [-0.3, -0.25) is 4.79 Å². The van der Waals surface area contributed by atoms with Gasteiger partial charge in [-0.2, -0.15) is 0 Å². The smallest absolute Gasteiger partial charge is 0.234 e. The van der Waals surface area contributed by atoms with Crippen molar-refractivity contribution in [2.75, 3.05) is 0 Å². The highest BCUT2D eigenvalue weighted by atomic mass is 35.5. The van der Waals surface area contributed by atoms with Gasteiger partial charge in [0.25, 0.3) is 0 Å². The van der Waals surface area contributed by atoms with Gasteiger partial charge in [0.2, 0.25) is 5.91 Å². The van der Waals surface area contributed by atoms with Gasteiger partial charge < -0.3 is 11.1 Å². The highest BCUT2D eigenvalue weighted by Gasteiger charge is 2.09. The number of hydrogen-bond acceptors (Lipinski definition) is 2. The van der Waals surface area contributed by atoms with Crippen molar-refractivity contribution >= 4 is 17.5 Å². The third-order valence-corrected chi connectivity index (χ3v) is 2.27. The maximum Gasteiger partial charge on any atom is 0.234 e. The second-order valence-corrected chi connectivity index (χ2v) is 3.68. The average Bonchev–Trinajstić information content (AvgIpc) is 2.18. The fourth-order valence-electron chi connectivity index (χ4n) is 1.04. The molecule has 1 aromatic carbocycles. The number of nitrogens with one attached hydrogen (secondary N) is 1. The number of amides is 1. The molecule has 1 unspecified atom stereocenters. The molecule has 0 fully saturated rings. The largest absolute Gasteiger partial charge is 0.368 e. The third kappa shape index (κ3) is 3.49. The van der Waals surface area contributed by atoms with Crippen molar-refractivity contribution in [3.05, 3.63) is 34.6 Å². The minimum absolute atomic E-state index is 0.219. The van der Waals surface area contributed by atoms with Gasteiger partial charge in [-0.05, 0) is 25.1 Å². The lowest BCUT2D eigenvalue weighted by atomic mass is 10.2. The van der Waals surface area contributed by atoms with E-state index >= 15 is 0 Å². The van der Waals surface area contributed by atoms with E-state index in [4.69, 9.17) is 17.3 Å². The summed E-state index contributed by atoms with van der Waals surface area (Å²) >= 11 is 5.71. The first-order chi connectivity index (χ1) is 7.00. The molecule has 0 spiro atoms. The summed E-state index contributed by atoms with van der Waals surface area (Å²) in [5, 5.41) is 3.25. The molecule has 1 rings (SSSR count). The minimum atomic E-state index is -0.497. The summed E-state index contributed by atoms with van der Waals surface area (Å²) in [6.45, 7) is 1.83. The lowest BCUT2D eigenvalue weighted by Crippen LogP contribution is -2.38. The zero-order valence-electron chi connectivity index (χ0n) is 8.26. The number of hydrogen-bond donors (Lipinski definition) is 2. The number of carbonyl (C=O) groups excluding carboxylic acids is 1. The highest BCUT2D eigenvalue weighted by Crippen LogP contribution is 2.14. The average molecular weight is 231 g/mol. The lowest BCUT2D eigenvalue weighted by Gasteiger charge is -2.10. The van der Waals surface area contributed by atoms with Crippen LogP contribution >= 0.6 is 11.6 Å². The Labute approximate surface area is 92.4 Å². The molecule has 0 aliphatic carbocycles. The summed E-state index contributed by atoms with van der Waals surface area (Å²) in [6, 6.07) is 3.77. The Kier molecular flexibility index (Phi) is 4.05. The molecule has 0 aliphatic rings. The van der Waals surface area contributed by atoms with Gasteiger partial charge in [0.05, 0.1) is 6.04 Å². The van der Waals surface area contributed by atoms with Crippen molar-refractivity contribution < 1.29 is 9.18 Å². The van der Waals surface area contributed by atoms with E-state index in [2.05, 4.69) is 5.32 Å². The van der Waals surface area contributed by atoms with Crippen molar-refractivity contribution in [1.82, 2.24) is 5.32 Å². The molecule has 1 atom stereocenters. The molecule has 0 aliphatic heterocycles. The quantitative estimate of drug-likeness (QED) is 0.823. The molecule has 0 heterocycles. The van der Waals surface area contributed by atoms with Crippen LogP contribution in [-0.4, -0.2) is 11.9 Å². The Morgan fingerprint density at radius 2 is 2.33 bits per heavy atom. The van der Waals surface area contributed by atoms with Crippen LogP contribution in [0.3, 0.4) is 0 Å². The minimum Gasteiger partial charge on any atom is -0.368 e. The van der Waals surface area contributed by atoms with Crippen LogP contribution in [0.15, 0.2) is 18.2 Å². The van der Waals surface area contributed by atoms with Crippen LogP contribution in [0, 0.1) is 5.82 Å². The normalized spacial score (nSPS) is 12.5.